The number of amides is 3. The SMILES string of the molecule is CCCCOc1ccc(C(=O)Nc2ccc(C(=O)NCCNC(=O)C3CCCO3)cc2)cc1. The van der Waals surface area contributed by atoms with Gasteiger partial charge in [-0.2, -0.15) is 0 Å². The van der Waals surface area contributed by atoms with Crippen LogP contribution in [0.2, 0.25) is 0 Å². The van der Waals surface area contributed by atoms with E-state index in [9.17, 15) is 14.4 Å². The zero-order chi connectivity index (χ0) is 23.5. The molecule has 0 saturated carbocycles. The second kappa shape index (κ2) is 12.6. The second-order valence-electron chi connectivity index (χ2n) is 7.81. The van der Waals surface area contributed by atoms with Gasteiger partial charge in [-0.3, -0.25) is 14.4 Å². The maximum absolute atomic E-state index is 12.5. The van der Waals surface area contributed by atoms with Crippen molar-refractivity contribution >= 4 is 23.4 Å². The number of carbonyl (C=O) groups excluding carboxylic acids is 3. The van der Waals surface area contributed by atoms with Crippen molar-refractivity contribution in [3.63, 3.8) is 0 Å². The van der Waals surface area contributed by atoms with Gasteiger partial charge in [-0.15, -0.1) is 0 Å². The van der Waals surface area contributed by atoms with E-state index in [0.29, 0.717) is 43.1 Å². The molecule has 8 nitrogen and oxygen atoms in total. The number of nitrogens with one attached hydrogen (secondary N) is 3. The molecule has 0 bridgehead atoms. The maximum atomic E-state index is 12.5. The average molecular weight is 454 g/mol. The Balaban J connectivity index is 1.41. The summed E-state index contributed by atoms with van der Waals surface area (Å²) < 4.78 is 10.9. The molecule has 3 N–H and O–H groups in total. The van der Waals surface area contributed by atoms with Gasteiger partial charge in [0.25, 0.3) is 11.8 Å². The van der Waals surface area contributed by atoms with Crippen LogP contribution >= 0.6 is 0 Å². The number of benzene rings is 2. The molecule has 0 spiro atoms. The summed E-state index contributed by atoms with van der Waals surface area (Å²) in [6.07, 6.45) is 3.31. The number of hydrogen-bond acceptors (Lipinski definition) is 5. The minimum atomic E-state index is -0.375. The van der Waals surface area contributed by atoms with E-state index in [1.165, 1.54) is 0 Å². The minimum absolute atomic E-state index is 0.138. The monoisotopic (exact) mass is 453 g/mol. The lowest BCUT2D eigenvalue weighted by Crippen LogP contribution is -2.39. The van der Waals surface area contributed by atoms with Gasteiger partial charge in [0.15, 0.2) is 0 Å². The molecule has 1 aliphatic heterocycles. The quantitative estimate of drug-likeness (QED) is 0.453. The number of anilines is 1. The molecule has 1 unspecified atom stereocenters. The lowest BCUT2D eigenvalue weighted by molar-refractivity contribution is -0.129. The van der Waals surface area contributed by atoms with Crippen LogP contribution in [-0.4, -0.2) is 50.1 Å². The van der Waals surface area contributed by atoms with Gasteiger partial charge in [-0.1, -0.05) is 13.3 Å². The Morgan fingerprint density at radius 1 is 0.939 bits per heavy atom. The Bertz CT molecular complexity index is 922. The minimum Gasteiger partial charge on any atom is -0.494 e. The highest BCUT2D eigenvalue weighted by Crippen LogP contribution is 2.16. The summed E-state index contributed by atoms with van der Waals surface area (Å²) in [5.74, 6) is 0.106. The summed E-state index contributed by atoms with van der Waals surface area (Å²) in [5, 5.41) is 8.34. The number of carbonyl (C=O) groups is 3. The molecule has 1 aliphatic rings. The van der Waals surface area contributed by atoms with E-state index in [1.54, 1.807) is 48.5 Å². The number of unbranched alkanes of at least 4 members (excludes halogenated alkanes) is 1. The predicted molar refractivity (Wildman–Crippen MR) is 126 cm³/mol. The van der Waals surface area contributed by atoms with Crippen LogP contribution in [-0.2, 0) is 9.53 Å². The molecular formula is C25H31N3O5. The third kappa shape index (κ3) is 7.61. The summed E-state index contributed by atoms with van der Waals surface area (Å²) in [6, 6.07) is 13.6. The third-order valence-electron chi connectivity index (χ3n) is 5.22. The summed E-state index contributed by atoms with van der Waals surface area (Å²) in [7, 11) is 0. The molecule has 1 heterocycles. The van der Waals surface area contributed by atoms with Crippen molar-refractivity contribution in [2.45, 2.75) is 38.7 Å². The summed E-state index contributed by atoms with van der Waals surface area (Å²) in [4.78, 5) is 36.6. The molecule has 33 heavy (non-hydrogen) atoms. The highest BCUT2D eigenvalue weighted by atomic mass is 16.5. The molecule has 1 atom stereocenters. The highest BCUT2D eigenvalue weighted by Gasteiger charge is 2.22. The van der Waals surface area contributed by atoms with Gasteiger partial charge in [0.2, 0.25) is 5.91 Å². The Morgan fingerprint density at radius 3 is 2.27 bits per heavy atom. The summed E-state index contributed by atoms with van der Waals surface area (Å²) >= 11 is 0. The first-order chi connectivity index (χ1) is 16.1. The van der Waals surface area contributed by atoms with Gasteiger partial charge in [0.1, 0.15) is 11.9 Å². The molecule has 0 aliphatic carbocycles. The topological polar surface area (TPSA) is 106 Å². The van der Waals surface area contributed by atoms with Crippen LogP contribution in [0, 0.1) is 0 Å². The van der Waals surface area contributed by atoms with E-state index in [0.717, 1.165) is 31.4 Å². The van der Waals surface area contributed by atoms with E-state index < -0.39 is 0 Å². The van der Waals surface area contributed by atoms with Crippen molar-refractivity contribution in [3.8, 4) is 5.75 Å². The second-order valence-corrected chi connectivity index (χ2v) is 7.81. The highest BCUT2D eigenvalue weighted by molar-refractivity contribution is 6.04. The fourth-order valence-electron chi connectivity index (χ4n) is 3.31. The van der Waals surface area contributed by atoms with Crippen molar-refractivity contribution in [2.24, 2.45) is 0 Å². The summed E-state index contributed by atoms with van der Waals surface area (Å²) in [6.45, 7) is 4.03. The zero-order valence-corrected chi connectivity index (χ0v) is 18.9. The number of hydrogen-bond donors (Lipinski definition) is 3. The van der Waals surface area contributed by atoms with Crippen molar-refractivity contribution < 1.29 is 23.9 Å². The number of ether oxygens (including phenoxy) is 2. The van der Waals surface area contributed by atoms with E-state index >= 15 is 0 Å². The van der Waals surface area contributed by atoms with Crippen molar-refractivity contribution in [1.29, 1.82) is 0 Å². The largest absolute Gasteiger partial charge is 0.494 e. The Labute approximate surface area is 194 Å². The van der Waals surface area contributed by atoms with E-state index in [-0.39, 0.29) is 23.8 Å². The molecule has 1 saturated heterocycles. The molecule has 1 fully saturated rings. The molecule has 2 aromatic carbocycles. The predicted octanol–water partition coefficient (Wildman–Crippen LogP) is 3.14. The lowest BCUT2D eigenvalue weighted by atomic mass is 10.1. The first-order valence-electron chi connectivity index (χ1n) is 11.4. The molecule has 176 valence electrons. The molecule has 2 aromatic rings. The lowest BCUT2D eigenvalue weighted by Gasteiger charge is -2.11. The van der Waals surface area contributed by atoms with Crippen LogP contribution in [0.25, 0.3) is 0 Å². The maximum Gasteiger partial charge on any atom is 0.255 e. The fourth-order valence-corrected chi connectivity index (χ4v) is 3.31. The standard InChI is InChI=1S/C25H31N3O5/c1-2-3-16-32-21-12-8-19(9-13-21)24(30)28-20-10-6-18(7-11-20)23(29)26-14-15-27-25(31)22-5-4-17-33-22/h6-13,22H,2-5,14-17H2,1H3,(H,26,29)(H,27,31)(H,28,30). The van der Waals surface area contributed by atoms with Crippen LogP contribution in [0.4, 0.5) is 5.69 Å². The smallest absolute Gasteiger partial charge is 0.255 e. The Morgan fingerprint density at radius 2 is 1.61 bits per heavy atom. The zero-order valence-electron chi connectivity index (χ0n) is 18.9. The fraction of sp³-hybridized carbons (Fsp3) is 0.400. The Hall–Kier alpha value is -3.39. The van der Waals surface area contributed by atoms with Gasteiger partial charge in [0, 0.05) is 36.5 Å². The van der Waals surface area contributed by atoms with Crippen molar-refractivity contribution in [2.75, 3.05) is 31.6 Å². The molecular weight excluding hydrogens is 422 g/mol. The van der Waals surface area contributed by atoms with Gasteiger partial charge in [0.05, 0.1) is 6.61 Å². The van der Waals surface area contributed by atoms with Crippen molar-refractivity contribution in [1.82, 2.24) is 10.6 Å². The van der Waals surface area contributed by atoms with E-state index in [1.807, 2.05) is 0 Å². The third-order valence-corrected chi connectivity index (χ3v) is 5.22. The van der Waals surface area contributed by atoms with E-state index in [2.05, 4.69) is 22.9 Å². The van der Waals surface area contributed by atoms with Crippen LogP contribution in [0.5, 0.6) is 5.75 Å². The summed E-state index contributed by atoms with van der Waals surface area (Å²) in [5.41, 5.74) is 1.57. The number of rotatable bonds is 11. The Kier molecular flexibility index (Phi) is 9.26. The van der Waals surface area contributed by atoms with Crippen LogP contribution in [0.1, 0.15) is 53.3 Å². The molecule has 3 amide bonds. The van der Waals surface area contributed by atoms with Gasteiger partial charge < -0.3 is 25.4 Å². The molecule has 0 radical (unpaired) electrons. The van der Waals surface area contributed by atoms with E-state index in [4.69, 9.17) is 9.47 Å². The normalized spacial score (nSPS) is 15.0. The average Bonchev–Trinajstić information content (AvgIpc) is 3.38. The first kappa shape index (κ1) is 24.3. The van der Waals surface area contributed by atoms with Crippen LogP contribution < -0.4 is 20.7 Å². The molecule has 3 rings (SSSR count). The first-order valence-corrected chi connectivity index (χ1v) is 11.4. The molecule has 8 heteroatoms. The van der Waals surface area contributed by atoms with Crippen molar-refractivity contribution in [3.05, 3.63) is 59.7 Å². The van der Waals surface area contributed by atoms with Gasteiger partial charge in [-0.05, 0) is 67.8 Å². The van der Waals surface area contributed by atoms with Gasteiger partial charge >= 0.3 is 0 Å². The van der Waals surface area contributed by atoms with Crippen LogP contribution in [0.15, 0.2) is 48.5 Å². The van der Waals surface area contributed by atoms with Gasteiger partial charge in [-0.25, -0.2) is 0 Å². The van der Waals surface area contributed by atoms with Crippen LogP contribution in [0.3, 0.4) is 0 Å². The molecule has 0 aromatic heterocycles.